The lowest BCUT2D eigenvalue weighted by molar-refractivity contribution is 0.0949. The third kappa shape index (κ3) is 4.54. The number of rotatable bonds is 7. The van der Waals surface area contributed by atoms with Crippen molar-refractivity contribution in [2.45, 2.75) is 6.92 Å². The summed E-state index contributed by atoms with van der Waals surface area (Å²) in [5.41, 5.74) is 7.52. The number of benzene rings is 1. The van der Waals surface area contributed by atoms with Crippen LogP contribution in [0.4, 0.5) is 0 Å². The highest BCUT2D eigenvalue weighted by Gasteiger charge is 2.12. The number of nitrogens with one attached hydrogen (secondary N) is 1. The van der Waals surface area contributed by atoms with Crippen molar-refractivity contribution in [1.82, 2.24) is 15.3 Å². The zero-order valence-electron chi connectivity index (χ0n) is 13.4. The number of aliphatic hydroxyl groups is 1. The second kappa shape index (κ2) is 8.44. The van der Waals surface area contributed by atoms with Crippen LogP contribution >= 0.6 is 11.3 Å². The molecule has 0 saturated heterocycles. The maximum atomic E-state index is 12.1. The van der Waals surface area contributed by atoms with E-state index < -0.39 is 0 Å². The lowest BCUT2D eigenvalue weighted by Gasteiger charge is -2.20. The molecule has 0 aliphatic rings. The van der Waals surface area contributed by atoms with E-state index >= 15 is 0 Å². The van der Waals surface area contributed by atoms with Crippen molar-refractivity contribution in [2.75, 3.05) is 19.7 Å². The molecule has 1 amide bonds. The molecule has 1 heterocycles. The van der Waals surface area contributed by atoms with E-state index in [0.717, 1.165) is 10.4 Å². The van der Waals surface area contributed by atoms with Crippen molar-refractivity contribution >= 4 is 17.2 Å². The Labute approximate surface area is 144 Å². The summed E-state index contributed by atoms with van der Waals surface area (Å²) in [5.74, 6) is 5.58. The molecular weight excluding hydrogens is 326 g/mol. The first-order chi connectivity index (χ1) is 11.5. The Kier molecular flexibility index (Phi) is 6.30. The molecule has 1 aromatic heterocycles. The lowest BCUT2D eigenvalue weighted by Crippen LogP contribution is -2.39. The molecule has 128 valence electrons. The van der Waals surface area contributed by atoms with Gasteiger partial charge in [0.1, 0.15) is 0 Å². The molecule has 0 saturated carbocycles. The van der Waals surface area contributed by atoms with Crippen LogP contribution in [0.25, 0.3) is 10.4 Å². The molecule has 2 aromatic rings. The van der Waals surface area contributed by atoms with Crippen LogP contribution in [0.15, 0.2) is 47.9 Å². The molecular formula is C16H21N5O2S. The van der Waals surface area contributed by atoms with Gasteiger partial charge in [0.15, 0.2) is 5.01 Å². The van der Waals surface area contributed by atoms with Crippen LogP contribution in [0, 0.1) is 0 Å². The number of nitrogens with two attached hydrogens (primary N) is 2. The number of thiazole rings is 1. The maximum absolute atomic E-state index is 12.1. The predicted octanol–water partition coefficient (Wildman–Crippen LogP) is 0.898. The monoisotopic (exact) mass is 347 g/mol. The summed E-state index contributed by atoms with van der Waals surface area (Å²) in [7, 11) is 0. The van der Waals surface area contributed by atoms with Gasteiger partial charge < -0.3 is 21.2 Å². The Bertz CT molecular complexity index is 714. The standard InChI is InChI=1S/C16H21N5O2S/c1-11(13(17)10-22)21(18)8-7-19-15(23)16-20-9-14(24-16)12-5-3-2-4-6-12/h2-6,9,22H,7-8,10,17-18H2,1H3,(H,19,23)/b13-11-. The number of aromatic nitrogens is 1. The minimum atomic E-state index is -0.257. The molecule has 0 radical (unpaired) electrons. The number of hydrogen-bond acceptors (Lipinski definition) is 7. The molecule has 0 aliphatic carbocycles. The van der Waals surface area contributed by atoms with Gasteiger partial charge >= 0.3 is 0 Å². The Morgan fingerprint density at radius 3 is 2.75 bits per heavy atom. The van der Waals surface area contributed by atoms with Crippen LogP contribution < -0.4 is 16.9 Å². The van der Waals surface area contributed by atoms with Gasteiger partial charge in [0.05, 0.1) is 23.7 Å². The van der Waals surface area contributed by atoms with E-state index in [1.807, 2.05) is 30.3 Å². The average molecular weight is 347 g/mol. The van der Waals surface area contributed by atoms with Gasteiger partial charge in [0.25, 0.3) is 5.91 Å². The average Bonchev–Trinajstić information content (AvgIpc) is 3.11. The summed E-state index contributed by atoms with van der Waals surface area (Å²) in [6, 6.07) is 9.78. The number of amides is 1. The molecule has 6 N–H and O–H groups in total. The topological polar surface area (TPSA) is 118 Å². The first kappa shape index (κ1) is 17.9. The Hall–Kier alpha value is -2.42. The van der Waals surface area contributed by atoms with Crippen LogP contribution in [-0.2, 0) is 0 Å². The van der Waals surface area contributed by atoms with Gasteiger partial charge in [-0.2, -0.15) is 0 Å². The first-order valence-electron chi connectivity index (χ1n) is 7.40. The number of carbonyl (C=O) groups excluding carboxylic acids is 1. The van der Waals surface area contributed by atoms with Crippen LogP contribution in [0.2, 0.25) is 0 Å². The third-order valence-electron chi connectivity index (χ3n) is 3.46. The number of nitrogens with zero attached hydrogens (tertiary/aromatic N) is 2. The third-order valence-corrected chi connectivity index (χ3v) is 4.51. The number of allylic oxidation sites excluding steroid dienone is 1. The molecule has 7 nitrogen and oxygen atoms in total. The second-order valence-electron chi connectivity index (χ2n) is 5.11. The maximum Gasteiger partial charge on any atom is 0.280 e. The quantitative estimate of drug-likeness (QED) is 0.437. The molecule has 0 fully saturated rings. The minimum absolute atomic E-state index is 0.243. The molecule has 0 unspecified atom stereocenters. The van der Waals surface area contributed by atoms with Crippen molar-refractivity contribution in [3.63, 3.8) is 0 Å². The second-order valence-corrected chi connectivity index (χ2v) is 6.14. The van der Waals surface area contributed by atoms with Crippen LogP contribution in [0.1, 0.15) is 16.7 Å². The first-order valence-corrected chi connectivity index (χ1v) is 8.22. The highest BCUT2D eigenvalue weighted by atomic mass is 32.1. The molecule has 1 aromatic carbocycles. The molecule has 0 bridgehead atoms. The van der Waals surface area contributed by atoms with E-state index in [1.54, 1.807) is 13.1 Å². The van der Waals surface area contributed by atoms with Crippen molar-refractivity contribution < 1.29 is 9.90 Å². The van der Waals surface area contributed by atoms with Crippen LogP contribution in [0.3, 0.4) is 0 Å². The summed E-state index contributed by atoms with van der Waals surface area (Å²) in [6.45, 7) is 2.16. The van der Waals surface area contributed by atoms with Gasteiger partial charge in [-0.3, -0.25) is 4.79 Å². The molecule has 8 heteroatoms. The molecule has 0 atom stereocenters. The lowest BCUT2D eigenvalue weighted by atomic mass is 10.2. The number of aliphatic hydroxyl groups excluding tert-OH is 1. The summed E-state index contributed by atoms with van der Waals surface area (Å²) in [5, 5.41) is 13.5. The normalized spacial score (nSPS) is 11.8. The SMILES string of the molecule is C/C(=C(/N)CO)N(N)CCNC(=O)c1ncc(-c2ccccc2)s1. The molecule has 2 rings (SSSR count). The summed E-state index contributed by atoms with van der Waals surface area (Å²) < 4.78 is 0. The number of hydrogen-bond donors (Lipinski definition) is 4. The van der Waals surface area contributed by atoms with Crippen molar-refractivity contribution in [3.05, 3.63) is 52.9 Å². The molecule has 24 heavy (non-hydrogen) atoms. The van der Waals surface area contributed by atoms with E-state index in [-0.39, 0.29) is 12.5 Å². The van der Waals surface area contributed by atoms with E-state index in [0.29, 0.717) is 29.5 Å². The summed E-state index contributed by atoms with van der Waals surface area (Å²) >= 11 is 1.34. The fourth-order valence-electron chi connectivity index (χ4n) is 1.95. The van der Waals surface area contributed by atoms with Gasteiger partial charge in [-0.05, 0) is 12.5 Å². The van der Waals surface area contributed by atoms with Gasteiger partial charge in [-0.25, -0.2) is 10.8 Å². The van der Waals surface area contributed by atoms with E-state index in [9.17, 15) is 4.79 Å². The highest BCUT2D eigenvalue weighted by molar-refractivity contribution is 7.16. The number of carbonyl (C=O) groups is 1. The zero-order valence-corrected chi connectivity index (χ0v) is 14.2. The zero-order chi connectivity index (χ0) is 17.5. The number of hydrazine groups is 1. The Morgan fingerprint density at radius 2 is 2.08 bits per heavy atom. The fourth-order valence-corrected chi connectivity index (χ4v) is 2.78. The molecule has 0 aliphatic heterocycles. The predicted molar refractivity (Wildman–Crippen MR) is 94.7 cm³/mol. The Balaban J connectivity index is 1.89. The van der Waals surface area contributed by atoms with E-state index in [4.69, 9.17) is 16.7 Å². The fraction of sp³-hybridized carbons (Fsp3) is 0.250. The smallest absolute Gasteiger partial charge is 0.280 e. The molecule has 0 spiro atoms. The Morgan fingerprint density at radius 1 is 1.38 bits per heavy atom. The van der Waals surface area contributed by atoms with Crippen LogP contribution in [-0.4, -0.2) is 40.7 Å². The van der Waals surface area contributed by atoms with Gasteiger partial charge in [0.2, 0.25) is 0 Å². The summed E-state index contributed by atoms with van der Waals surface area (Å²) in [6.07, 6.45) is 1.69. The van der Waals surface area contributed by atoms with E-state index in [2.05, 4.69) is 10.3 Å². The minimum Gasteiger partial charge on any atom is -0.399 e. The van der Waals surface area contributed by atoms with Gasteiger partial charge in [0, 0.05) is 18.4 Å². The highest BCUT2D eigenvalue weighted by Crippen LogP contribution is 2.25. The largest absolute Gasteiger partial charge is 0.399 e. The van der Waals surface area contributed by atoms with Crippen molar-refractivity contribution in [3.8, 4) is 10.4 Å². The van der Waals surface area contributed by atoms with Gasteiger partial charge in [-0.15, -0.1) is 11.3 Å². The van der Waals surface area contributed by atoms with Gasteiger partial charge in [-0.1, -0.05) is 30.3 Å². The van der Waals surface area contributed by atoms with E-state index in [1.165, 1.54) is 16.3 Å². The van der Waals surface area contributed by atoms with Crippen LogP contribution in [0.5, 0.6) is 0 Å². The summed E-state index contributed by atoms with van der Waals surface area (Å²) in [4.78, 5) is 17.2. The van der Waals surface area contributed by atoms with Crippen molar-refractivity contribution in [1.29, 1.82) is 0 Å². The van der Waals surface area contributed by atoms with Crippen molar-refractivity contribution in [2.24, 2.45) is 11.6 Å².